The van der Waals surface area contributed by atoms with Crippen LogP contribution in [-0.4, -0.2) is 21.7 Å². The Labute approximate surface area is 95.0 Å². The summed E-state index contributed by atoms with van der Waals surface area (Å²) in [5.41, 5.74) is 6.63. The van der Waals surface area contributed by atoms with E-state index in [0.29, 0.717) is 12.3 Å². The zero-order valence-corrected chi connectivity index (χ0v) is 9.52. The molecule has 5 nitrogen and oxygen atoms in total. The van der Waals surface area contributed by atoms with Crippen LogP contribution in [0.2, 0.25) is 0 Å². The van der Waals surface area contributed by atoms with Crippen LogP contribution >= 0.6 is 0 Å². The number of carbonyl (C=O) groups excluding carboxylic acids is 1. The van der Waals surface area contributed by atoms with Crippen molar-refractivity contribution in [3.63, 3.8) is 0 Å². The Morgan fingerprint density at radius 3 is 3.06 bits per heavy atom. The van der Waals surface area contributed by atoms with Crippen molar-refractivity contribution in [3.8, 4) is 0 Å². The second-order valence-electron chi connectivity index (χ2n) is 4.34. The zero-order valence-electron chi connectivity index (χ0n) is 9.52. The maximum Gasteiger partial charge on any atom is 0.226 e. The van der Waals surface area contributed by atoms with Crippen molar-refractivity contribution in [2.45, 2.75) is 38.8 Å². The standard InChI is InChI=1S/C11H18N4O/c1-2-15-7-9(6-13-15)14-11(16)5-10(12)8-3-4-8/h6-8,10H,2-5,12H2,1H3,(H,14,16). The summed E-state index contributed by atoms with van der Waals surface area (Å²) in [5, 5.41) is 6.89. The van der Waals surface area contributed by atoms with Crippen LogP contribution in [0.1, 0.15) is 26.2 Å². The molecular weight excluding hydrogens is 204 g/mol. The minimum absolute atomic E-state index is 0.0150. The number of nitrogens with one attached hydrogen (secondary N) is 1. The van der Waals surface area contributed by atoms with Gasteiger partial charge in [0.1, 0.15) is 0 Å². The van der Waals surface area contributed by atoms with E-state index >= 15 is 0 Å². The molecule has 0 bridgehead atoms. The minimum atomic E-state index is -0.0185. The molecule has 88 valence electrons. The maximum atomic E-state index is 11.6. The van der Waals surface area contributed by atoms with Crippen LogP contribution in [-0.2, 0) is 11.3 Å². The second-order valence-corrected chi connectivity index (χ2v) is 4.34. The van der Waals surface area contributed by atoms with Crippen LogP contribution in [0.5, 0.6) is 0 Å². The van der Waals surface area contributed by atoms with Gasteiger partial charge in [-0.05, 0) is 25.7 Å². The molecule has 1 aliphatic carbocycles. The summed E-state index contributed by atoms with van der Waals surface area (Å²) in [4.78, 5) is 11.6. The highest BCUT2D eigenvalue weighted by atomic mass is 16.1. The number of nitrogens with two attached hydrogens (primary N) is 1. The maximum absolute atomic E-state index is 11.6. The van der Waals surface area contributed by atoms with Crippen LogP contribution in [0.3, 0.4) is 0 Å². The Morgan fingerprint density at radius 1 is 1.75 bits per heavy atom. The number of anilines is 1. The van der Waals surface area contributed by atoms with E-state index in [1.54, 1.807) is 10.9 Å². The molecule has 0 saturated heterocycles. The molecule has 1 atom stereocenters. The largest absolute Gasteiger partial charge is 0.327 e. The van der Waals surface area contributed by atoms with Gasteiger partial charge in [0.25, 0.3) is 0 Å². The van der Waals surface area contributed by atoms with E-state index in [4.69, 9.17) is 5.73 Å². The first-order valence-electron chi connectivity index (χ1n) is 5.77. The summed E-state index contributed by atoms with van der Waals surface area (Å²) in [6.45, 7) is 2.80. The van der Waals surface area contributed by atoms with E-state index in [9.17, 15) is 4.79 Å². The Morgan fingerprint density at radius 2 is 2.50 bits per heavy atom. The van der Waals surface area contributed by atoms with Crippen molar-refractivity contribution < 1.29 is 4.79 Å². The van der Waals surface area contributed by atoms with Gasteiger partial charge < -0.3 is 11.1 Å². The predicted molar refractivity (Wildman–Crippen MR) is 61.8 cm³/mol. The summed E-state index contributed by atoms with van der Waals surface area (Å²) in [6, 6.07) is 0.0150. The molecule has 0 aromatic carbocycles. The van der Waals surface area contributed by atoms with Crippen LogP contribution in [0.15, 0.2) is 12.4 Å². The van der Waals surface area contributed by atoms with Gasteiger partial charge in [0.05, 0.1) is 11.9 Å². The van der Waals surface area contributed by atoms with E-state index in [-0.39, 0.29) is 11.9 Å². The number of hydrogen-bond donors (Lipinski definition) is 2. The number of hydrogen-bond acceptors (Lipinski definition) is 3. The van der Waals surface area contributed by atoms with E-state index in [1.165, 1.54) is 12.8 Å². The highest BCUT2D eigenvalue weighted by Gasteiger charge is 2.29. The van der Waals surface area contributed by atoms with Crippen molar-refractivity contribution in [1.29, 1.82) is 0 Å². The molecule has 0 aliphatic heterocycles. The van der Waals surface area contributed by atoms with Crippen molar-refractivity contribution in [1.82, 2.24) is 9.78 Å². The van der Waals surface area contributed by atoms with Gasteiger partial charge in [-0.2, -0.15) is 5.10 Å². The van der Waals surface area contributed by atoms with E-state index in [1.807, 2.05) is 13.1 Å². The molecule has 0 radical (unpaired) electrons. The van der Waals surface area contributed by atoms with Crippen molar-refractivity contribution >= 4 is 11.6 Å². The normalized spacial score (nSPS) is 17.1. The van der Waals surface area contributed by atoms with E-state index in [2.05, 4.69) is 10.4 Å². The summed E-state index contributed by atoms with van der Waals surface area (Å²) >= 11 is 0. The van der Waals surface area contributed by atoms with E-state index in [0.717, 1.165) is 12.2 Å². The van der Waals surface area contributed by atoms with Gasteiger partial charge in [0.2, 0.25) is 5.91 Å². The quantitative estimate of drug-likeness (QED) is 0.779. The second kappa shape index (κ2) is 4.65. The predicted octanol–water partition coefficient (Wildman–Crippen LogP) is 0.969. The lowest BCUT2D eigenvalue weighted by molar-refractivity contribution is -0.116. The molecule has 16 heavy (non-hydrogen) atoms. The first-order valence-corrected chi connectivity index (χ1v) is 5.77. The zero-order chi connectivity index (χ0) is 11.5. The molecule has 1 fully saturated rings. The molecule has 1 aliphatic rings. The topological polar surface area (TPSA) is 72.9 Å². The molecule has 1 aromatic rings. The van der Waals surface area contributed by atoms with Gasteiger partial charge >= 0.3 is 0 Å². The van der Waals surface area contributed by atoms with Crippen LogP contribution in [0.25, 0.3) is 0 Å². The van der Waals surface area contributed by atoms with E-state index < -0.39 is 0 Å². The third-order valence-corrected chi connectivity index (χ3v) is 2.89. The number of rotatable bonds is 5. The molecule has 1 amide bonds. The van der Waals surface area contributed by atoms with Crippen LogP contribution in [0.4, 0.5) is 5.69 Å². The first-order chi connectivity index (χ1) is 7.69. The molecule has 1 heterocycles. The summed E-state index contributed by atoms with van der Waals surface area (Å²) in [6.07, 6.45) is 6.22. The fraction of sp³-hybridized carbons (Fsp3) is 0.636. The molecule has 5 heteroatoms. The van der Waals surface area contributed by atoms with Crippen LogP contribution < -0.4 is 11.1 Å². The molecule has 1 aromatic heterocycles. The number of carbonyl (C=O) groups is 1. The molecule has 1 unspecified atom stereocenters. The Balaban J connectivity index is 1.81. The summed E-state index contributed by atoms with van der Waals surface area (Å²) < 4.78 is 1.77. The molecule has 0 spiro atoms. The van der Waals surface area contributed by atoms with Crippen LogP contribution in [0, 0.1) is 5.92 Å². The minimum Gasteiger partial charge on any atom is -0.327 e. The third kappa shape index (κ3) is 2.82. The summed E-state index contributed by atoms with van der Waals surface area (Å²) in [7, 11) is 0. The molecule has 2 rings (SSSR count). The van der Waals surface area contributed by atoms with Gasteiger partial charge in [-0.15, -0.1) is 0 Å². The number of amides is 1. The Bertz CT molecular complexity index is 370. The fourth-order valence-corrected chi connectivity index (χ4v) is 1.72. The van der Waals surface area contributed by atoms with Gasteiger partial charge in [-0.1, -0.05) is 0 Å². The van der Waals surface area contributed by atoms with Gasteiger partial charge in [-0.25, -0.2) is 0 Å². The molecule has 3 N–H and O–H groups in total. The highest BCUT2D eigenvalue weighted by molar-refractivity contribution is 5.90. The monoisotopic (exact) mass is 222 g/mol. The number of aryl methyl sites for hydroxylation is 1. The average Bonchev–Trinajstić information content (AvgIpc) is 3.00. The SMILES string of the molecule is CCn1cc(NC(=O)CC(N)C2CC2)cn1. The third-order valence-electron chi connectivity index (χ3n) is 2.89. The van der Waals surface area contributed by atoms with Gasteiger partial charge in [-0.3, -0.25) is 9.48 Å². The smallest absolute Gasteiger partial charge is 0.226 e. The molecule has 1 saturated carbocycles. The highest BCUT2D eigenvalue weighted by Crippen LogP contribution is 2.32. The van der Waals surface area contributed by atoms with Gasteiger partial charge in [0.15, 0.2) is 0 Å². The fourth-order valence-electron chi connectivity index (χ4n) is 1.72. The lowest BCUT2D eigenvalue weighted by Crippen LogP contribution is -2.28. The Kier molecular flexibility index (Phi) is 3.24. The molecular formula is C11H18N4O. The number of aromatic nitrogens is 2. The van der Waals surface area contributed by atoms with Crippen molar-refractivity contribution in [2.24, 2.45) is 11.7 Å². The first kappa shape index (κ1) is 11.1. The Hall–Kier alpha value is -1.36. The summed E-state index contributed by atoms with van der Waals surface area (Å²) in [5.74, 6) is 0.541. The van der Waals surface area contributed by atoms with Crippen molar-refractivity contribution in [3.05, 3.63) is 12.4 Å². The number of nitrogens with zero attached hydrogens (tertiary/aromatic N) is 2. The van der Waals surface area contributed by atoms with Crippen molar-refractivity contribution in [2.75, 3.05) is 5.32 Å². The average molecular weight is 222 g/mol. The lowest BCUT2D eigenvalue weighted by Gasteiger charge is -2.09. The van der Waals surface area contributed by atoms with Gasteiger partial charge in [0, 0.05) is 25.2 Å². The lowest BCUT2D eigenvalue weighted by atomic mass is 10.1.